The molecule has 80 valence electrons. The molecule has 0 radical (unpaired) electrons. The van der Waals surface area contributed by atoms with Crippen LogP contribution in [-0.2, 0) is 4.79 Å². The number of carboxylic acids is 1. The molecular weight excluding hydrogens is 212 g/mol. The zero-order valence-corrected chi connectivity index (χ0v) is 9.63. The van der Waals surface area contributed by atoms with Crippen molar-refractivity contribution >= 4 is 22.3 Å². The fraction of sp³-hybridized carbons (Fsp3) is 0.400. The molecular formula is C10H12N2O2S. The smallest absolute Gasteiger partial charge is 0.312 e. The van der Waals surface area contributed by atoms with Crippen LogP contribution in [0.25, 0.3) is 4.96 Å². The summed E-state index contributed by atoms with van der Waals surface area (Å²) in [5.74, 6) is -1.30. The van der Waals surface area contributed by atoms with E-state index in [1.165, 1.54) is 11.3 Å². The molecule has 1 atom stereocenters. The number of carboxylic acid groups (broad SMARTS) is 1. The van der Waals surface area contributed by atoms with Crippen molar-refractivity contribution in [3.05, 3.63) is 22.5 Å². The van der Waals surface area contributed by atoms with E-state index in [9.17, 15) is 4.79 Å². The number of carbonyl (C=O) groups is 1. The Kier molecular flexibility index (Phi) is 2.26. The highest BCUT2D eigenvalue weighted by molar-refractivity contribution is 7.15. The molecule has 4 nitrogen and oxygen atoms in total. The fourth-order valence-electron chi connectivity index (χ4n) is 1.55. The minimum Gasteiger partial charge on any atom is -0.481 e. The standard InChI is InChI=1S/C10H12N2O2S/c1-5(9(13)14)8-4-15-10-11-6(2)7(3)12(8)10/h4-5H,1-3H3,(H,13,14). The molecule has 0 saturated heterocycles. The van der Waals surface area contributed by atoms with Crippen LogP contribution in [0, 0.1) is 13.8 Å². The zero-order valence-electron chi connectivity index (χ0n) is 8.81. The second kappa shape index (κ2) is 3.34. The summed E-state index contributed by atoms with van der Waals surface area (Å²) in [6, 6.07) is 0. The molecule has 2 heterocycles. The number of aryl methyl sites for hydroxylation is 2. The van der Waals surface area contributed by atoms with Gasteiger partial charge in [-0.1, -0.05) is 0 Å². The van der Waals surface area contributed by atoms with Crippen LogP contribution < -0.4 is 0 Å². The number of fused-ring (bicyclic) bond motifs is 1. The van der Waals surface area contributed by atoms with Crippen LogP contribution in [0.15, 0.2) is 5.38 Å². The van der Waals surface area contributed by atoms with Crippen molar-refractivity contribution in [3.63, 3.8) is 0 Å². The van der Waals surface area contributed by atoms with E-state index in [0.717, 1.165) is 22.0 Å². The summed E-state index contributed by atoms with van der Waals surface area (Å²) >= 11 is 1.48. The van der Waals surface area contributed by atoms with Crippen molar-refractivity contribution in [2.75, 3.05) is 0 Å². The summed E-state index contributed by atoms with van der Waals surface area (Å²) in [6.45, 7) is 5.59. The summed E-state index contributed by atoms with van der Waals surface area (Å²) in [7, 11) is 0. The minimum atomic E-state index is -0.805. The maximum absolute atomic E-state index is 10.9. The average Bonchev–Trinajstić information content (AvgIpc) is 2.68. The number of thiazole rings is 1. The lowest BCUT2D eigenvalue weighted by Crippen LogP contribution is -2.10. The summed E-state index contributed by atoms with van der Waals surface area (Å²) in [5.41, 5.74) is 2.79. The summed E-state index contributed by atoms with van der Waals surface area (Å²) in [4.78, 5) is 16.2. The molecule has 0 spiro atoms. The first-order valence-corrected chi connectivity index (χ1v) is 5.56. The van der Waals surface area contributed by atoms with Gasteiger partial charge in [0, 0.05) is 16.8 Å². The molecule has 0 fully saturated rings. The van der Waals surface area contributed by atoms with E-state index in [4.69, 9.17) is 5.11 Å². The molecule has 2 aromatic rings. The van der Waals surface area contributed by atoms with Crippen molar-refractivity contribution in [2.24, 2.45) is 0 Å². The van der Waals surface area contributed by atoms with Gasteiger partial charge >= 0.3 is 5.97 Å². The van der Waals surface area contributed by atoms with E-state index in [-0.39, 0.29) is 0 Å². The Balaban J connectivity index is 2.66. The lowest BCUT2D eigenvalue weighted by molar-refractivity contribution is -0.138. The van der Waals surface area contributed by atoms with Crippen molar-refractivity contribution in [1.82, 2.24) is 9.38 Å². The first-order valence-electron chi connectivity index (χ1n) is 4.68. The van der Waals surface area contributed by atoms with Crippen LogP contribution in [0.3, 0.4) is 0 Å². The van der Waals surface area contributed by atoms with Gasteiger partial charge < -0.3 is 5.11 Å². The summed E-state index contributed by atoms with van der Waals surface area (Å²) in [6.07, 6.45) is 0. The third kappa shape index (κ3) is 1.43. The van der Waals surface area contributed by atoms with Gasteiger partial charge in [-0.05, 0) is 20.8 Å². The van der Waals surface area contributed by atoms with Crippen LogP contribution in [0.2, 0.25) is 0 Å². The molecule has 0 aliphatic rings. The van der Waals surface area contributed by atoms with E-state index in [2.05, 4.69) is 4.98 Å². The summed E-state index contributed by atoms with van der Waals surface area (Å²) in [5, 5.41) is 10.9. The molecule has 5 heteroatoms. The van der Waals surface area contributed by atoms with E-state index in [1.54, 1.807) is 6.92 Å². The highest BCUT2D eigenvalue weighted by Crippen LogP contribution is 2.25. The third-order valence-electron chi connectivity index (χ3n) is 2.67. The number of imidazole rings is 1. The van der Waals surface area contributed by atoms with Gasteiger partial charge in [0.15, 0.2) is 4.96 Å². The Hall–Kier alpha value is -1.36. The van der Waals surface area contributed by atoms with Gasteiger partial charge in [-0.2, -0.15) is 0 Å². The molecule has 0 aliphatic heterocycles. The first kappa shape index (κ1) is 10.2. The molecule has 1 unspecified atom stereocenters. The van der Waals surface area contributed by atoms with E-state index in [0.29, 0.717) is 0 Å². The number of rotatable bonds is 2. The highest BCUT2D eigenvalue weighted by Gasteiger charge is 2.20. The van der Waals surface area contributed by atoms with Gasteiger partial charge in [-0.3, -0.25) is 9.20 Å². The Morgan fingerprint density at radius 3 is 2.87 bits per heavy atom. The number of aliphatic carboxylic acids is 1. The van der Waals surface area contributed by atoms with Gasteiger partial charge in [0.05, 0.1) is 11.6 Å². The largest absolute Gasteiger partial charge is 0.481 e. The Morgan fingerprint density at radius 2 is 2.27 bits per heavy atom. The van der Waals surface area contributed by atoms with Crippen molar-refractivity contribution in [1.29, 1.82) is 0 Å². The fourth-order valence-corrected chi connectivity index (χ4v) is 2.62. The van der Waals surface area contributed by atoms with Gasteiger partial charge in [0.1, 0.15) is 0 Å². The van der Waals surface area contributed by atoms with Crippen molar-refractivity contribution in [2.45, 2.75) is 26.7 Å². The number of aromatic nitrogens is 2. The van der Waals surface area contributed by atoms with Crippen molar-refractivity contribution in [3.8, 4) is 0 Å². The molecule has 0 aromatic carbocycles. The van der Waals surface area contributed by atoms with E-state index >= 15 is 0 Å². The average molecular weight is 224 g/mol. The van der Waals surface area contributed by atoms with E-state index < -0.39 is 11.9 Å². The molecule has 0 aliphatic carbocycles. The molecule has 0 saturated carbocycles. The third-order valence-corrected chi connectivity index (χ3v) is 3.52. The Morgan fingerprint density at radius 1 is 1.60 bits per heavy atom. The maximum atomic E-state index is 10.9. The normalized spacial score (nSPS) is 13.3. The van der Waals surface area contributed by atoms with Crippen LogP contribution in [-0.4, -0.2) is 20.5 Å². The SMILES string of the molecule is Cc1nc2scc(C(C)C(=O)O)n2c1C. The quantitative estimate of drug-likeness (QED) is 0.850. The minimum absolute atomic E-state index is 0.494. The van der Waals surface area contributed by atoms with Gasteiger partial charge in [0.25, 0.3) is 0 Å². The van der Waals surface area contributed by atoms with Crippen LogP contribution in [0.1, 0.15) is 29.9 Å². The van der Waals surface area contributed by atoms with Gasteiger partial charge in [0.2, 0.25) is 0 Å². The number of hydrogen-bond acceptors (Lipinski definition) is 3. The van der Waals surface area contributed by atoms with Crippen LogP contribution in [0.4, 0.5) is 0 Å². The Bertz CT molecular complexity index is 527. The first-order chi connectivity index (χ1) is 7.02. The maximum Gasteiger partial charge on any atom is 0.312 e. The van der Waals surface area contributed by atoms with Gasteiger partial charge in [-0.15, -0.1) is 11.3 Å². The second-order valence-corrected chi connectivity index (χ2v) is 4.46. The monoisotopic (exact) mass is 224 g/mol. The number of hydrogen-bond donors (Lipinski definition) is 1. The molecule has 15 heavy (non-hydrogen) atoms. The molecule has 2 rings (SSSR count). The molecule has 0 amide bonds. The molecule has 2 aromatic heterocycles. The molecule has 0 bridgehead atoms. The predicted octanol–water partition coefficient (Wildman–Crippen LogP) is 2.20. The lowest BCUT2D eigenvalue weighted by Gasteiger charge is -2.05. The molecule has 1 N–H and O–H groups in total. The second-order valence-electron chi connectivity index (χ2n) is 3.62. The van der Waals surface area contributed by atoms with E-state index in [1.807, 2.05) is 23.6 Å². The van der Waals surface area contributed by atoms with Crippen molar-refractivity contribution < 1.29 is 9.90 Å². The van der Waals surface area contributed by atoms with Crippen LogP contribution >= 0.6 is 11.3 Å². The van der Waals surface area contributed by atoms with Crippen LogP contribution in [0.5, 0.6) is 0 Å². The van der Waals surface area contributed by atoms with Gasteiger partial charge in [-0.25, -0.2) is 4.98 Å². The zero-order chi connectivity index (χ0) is 11.2. The predicted molar refractivity (Wildman–Crippen MR) is 58.6 cm³/mol. The summed E-state index contributed by atoms with van der Waals surface area (Å²) < 4.78 is 1.93. The Labute approximate surface area is 91.2 Å². The number of nitrogens with zero attached hydrogens (tertiary/aromatic N) is 2. The lowest BCUT2D eigenvalue weighted by atomic mass is 10.1. The topological polar surface area (TPSA) is 54.6 Å². The highest BCUT2D eigenvalue weighted by atomic mass is 32.1.